The second-order valence-corrected chi connectivity index (χ2v) is 11.0. The third-order valence-electron chi connectivity index (χ3n) is 7.72. The van der Waals surface area contributed by atoms with Crippen LogP contribution in [0.15, 0.2) is 54.2 Å². The van der Waals surface area contributed by atoms with Gasteiger partial charge in [-0.05, 0) is 48.2 Å². The number of carboxylic acid groups (broad SMARTS) is 1. The van der Waals surface area contributed by atoms with Crippen LogP contribution in [0, 0.1) is 0 Å². The number of benzene rings is 2. The van der Waals surface area contributed by atoms with Gasteiger partial charge >= 0.3 is 0 Å². The van der Waals surface area contributed by atoms with Crippen LogP contribution >= 0.6 is 11.3 Å². The number of hydrogen-bond donors (Lipinski definition) is 4. The van der Waals surface area contributed by atoms with Crippen LogP contribution in [-0.2, 0) is 11.3 Å². The minimum atomic E-state index is -0.250. The number of hydrogen-bond acceptors (Lipinski definition) is 7. The zero-order valence-corrected chi connectivity index (χ0v) is 24.1. The van der Waals surface area contributed by atoms with Gasteiger partial charge in [-0.1, -0.05) is 26.0 Å². The minimum Gasteiger partial charge on any atom is -0.483 e. The molecule has 4 heterocycles. The molecule has 6 rings (SSSR count). The van der Waals surface area contributed by atoms with Gasteiger partial charge in [-0.2, -0.15) is 5.10 Å². The molecule has 0 spiro atoms. The number of amides is 1. The van der Waals surface area contributed by atoms with Crippen molar-refractivity contribution in [3.63, 3.8) is 0 Å². The zero-order valence-electron chi connectivity index (χ0n) is 23.3. The topological polar surface area (TPSA) is 130 Å². The van der Waals surface area contributed by atoms with E-state index in [2.05, 4.69) is 68.4 Å². The quantitative estimate of drug-likeness (QED) is 0.182. The van der Waals surface area contributed by atoms with Crippen LogP contribution in [-0.4, -0.2) is 79.7 Å². The molecule has 0 saturated carbocycles. The first-order chi connectivity index (χ1) is 20.0. The molecule has 10 nitrogen and oxygen atoms in total. The fraction of sp³-hybridized carbons (Fsp3) is 0.333. The number of thiazole rings is 1. The molecule has 3 aromatic heterocycles. The standard InChI is InChI=1S/C29H33N7OS.CH2O2/c1-3-20(4-2)36-12-10-35(11-13-36)17-28-32-27(18-38-28)29(37)33-25-14-19(15-26-23(25)16-31-34-26)21-6-5-7-24-22(21)8-9-30-24;2-1-3/h5-9,14-16,18,20,30H,3-4,10-13,17H2,1-2H3,(H,31,34)(H,33,37);1H,(H,2,3). The van der Waals surface area contributed by atoms with E-state index in [0.29, 0.717) is 11.7 Å². The number of piperazine rings is 1. The van der Waals surface area contributed by atoms with E-state index in [-0.39, 0.29) is 12.4 Å². The summed E-state index contributed by atoms with van der Waals surface area (Å²) in [6, 6.07) is 13.0. The van der Waals surface area contributed by atoms with Crippen LogP contribution in [0.2, 0.25) is 0 Å². The fourth-order valence-electron chi connectivity index (χ4n) is 5.60. The van der Waals surface area contributed by atoms with E-state index in [1.807, 2.05) is 23.7 Å². The van der Waals surface area contributed by atoms with E-state index in [1.165, 1.54) is 12.8 Å². The van der Waals surface area contributed by atoms with Crippen LogP contribution in [0.5, 0.6) is 0 Å². The normalized spacial score (nSPS) is 14.3. The number of fused-ring (bicyclic) bond motifs is 2. The van der Waals surface area contributed by atoms with E-state index < -0.39 is 0 Å². The predicted molar refractivity (Wildman–Crippen MR) is 163 cm³/mol. The second kappa shape index (κ2) is 13.1. The summed E-state index contributed by atoms with van der Waals surface area (Å²) in [6.07, 6.45) is 6.10. The van der Waals surface area contributed by atoms with Crippen LogP contribution in [0.1, 0.15) is 42.2 Å². The Morgan fingerprint density at radius 2 is 1.90 bits per heavy atom. The van der Waals surface area contributed by atoms with Crippen molar-refractivity contribution in [3.8, 4) is 11.1 Å². The molecule has 0 unspecified atom stereocenters. The van der Waals surface area contributed by atoms with Crippen molar-refractivity contribution in [3.05, 3.63) is 64.9 Å². The van der Waals surface area contributed by atoms with Crippen molar-refractivity contribution in [2.45, 2.75) is 39.3 Å². The SMILES string of the molecule is CCC(CC)N1CCN(Cc2nc(C(=O)Nc3cc(-c4cccc5[nH]ccc45)cc4[nH]ncc34)cs2)CC1.O=CO. The highest BCUT2D eigenvalue weighted by Crippen LogP contribution is 2.34. The lowest BCUT2D eigenvalue weighted by Gasteiger charge is -2.38. The highest BCUT2D eigenvalue weighted by Gasteiger charge is 2.23. The maximum atomic E-state index is 13.3. The van der Waals surface area contributed by atoms with Gasteiger partial charge in [0.15, 0.2) is 0 Å². The number of anilines is 1. The Hall–Kier alpha value is -4.06. The Morgan fingerprint density at radius 1 is 1.12 bits per heavy atom. The second-order valence-electron chi connectivity index (χ2n) is 10.1. The third kappa shape index (κ3) is 6.32. The van der Waals surface area contributed by atoms with Crippen molar-refractivity contribution in [2.24, 2.45) is 0 Å². The summed E-state index contributed by atoms with van der Waals surface area (Å²) in [5.41, 5.74) is 5.22. The van der Waals surface area contributed by atoms with Crippen molar-refractivity contribution < 1.29 is 14.7 Å². The van der Waals surface area contributed by atoms with Crippen molar-refractivity contribution in [2.75, 3.05) is 31.5 Å². The summed E-state index contributed by atoms with van der Waals surface area (Å²) in [7, 11) is 0. The van der Waals surface area contributed by atoms with Crippen molar-refractivity contribution in [1.29, 1.82) is 0 Å². The van der Waals surface area contributed by atoms with Gasteiger partial charge in [-0.3, -0.25) is 24.5 Å². The molecule has 1 fully saturated rings. The highest BCUT2D eigenvalue weighted by atomic mass is 32.1. The monoisotopic (exact) mass is 573 g/mol. The lowest BCUT2D eigenvalue weighted by atomic mass is 9.99. The molecule has 214 valence electrons. The number of nitrogens with one attached hydrogen (secondary N) is 3. The predicted octanol–water partition coefficient (Wildman–Crippen LogP) is 5.43. The van der Waals surface area contributed by atoms with Gasteiger partial charge in [0.25, 0.3) is 12.4 Å². The number of aromatic nitrogens is 4. The van der Waals surface area contributed by atoms with Crippen LogP contribution in [0.25, 0.3) is 32.9 Å². The summed E-state index contributed by atoms with van der Waals surface area (Å²) < 4.78 is 0. The first-order valence-corrected chi connectivity index (χ1v) is 14.8. The number of carbonyl (C=O) groups excluding carboxylic acids is 1. The van der Waals surface area contributed by atoms with Crippen LogP contribution < -0.4 is 5.32 Å². The van der Waals surface area contributed by atoms with Gasteiger partial charge in [0.1, 0.15) is 10.7 Å². The summed E-state index contributed by atoms with van der Waals surface area (Å²) in [6.45, 7) is 9.36. The van der Waals surface area contributed by atoms with Crippen LogP contribution in [0.4, 0.5) is 5.69 Å². The molecule has 4 N–H and O–H groups in total. The molecule has 2 aromatic carbocycles. The van der Waals surface area contributed by atoms with Crippen molar-refractivity contribution >= 4 is 51.2 Å². The van der Waals surface area contributed by atoms with Gasteiger partial charge in [-0.15, -0.1) is 11.3 Å². The molecule has 1 aliphatic rings. The third-order valence-corrected chi connectivity index (χ3v) is 8.56. The van der Waals surface area contributed by atoms with E-state index in [4.69, 9.17) is 14.9 Å². The molecule has 0 bridgehead atoms. The van der Waals surface area contributed by atoms with Gasteiger partial charge in [-0.25, -0.2) is 4.98 Å². The Balaban J connectivity index is 0.00000108. The number of aromatic amines is 2. The molecule has 0 aliphatic carbocycles. The number of rotatable bonds is 8. The smallest absolute Gasteiger partial charge is 0.290 e. The van der Waals surface area contributed by atoms with E-state index >= 15 is 0 Å². The molecule has 0 atom stereocenters. The van der Waals surface area contributed by atoms with Gasteiger partial charge in [0.05, 0.1) is 23.9 Å². The fourth-order valence-corrected chi connectivity index (χ4v) is 6.42. The van der Waals surface area contributed by atoms with Crippen molar-refractivity contribution in [1.82, 2.24) is 30.0 Å². The lowest BCUT2D eigenvalue weighted by Crippen LogP contribution is -2.49. The summed E-state index contributed by atoms with van der Waals surface area (Å²) >= 11 is 1.56. The minimum absolute atomic E-state index is 0.203. The molecule has 1 saturated heterocycles. The van der Waals surface area contributed by atoms with Gasteiger partial charge < -0.3 is 15.4 Å². The van der Waals surface area contributed by atoms with E-state index in [0.717, 1.165) is 76.4 Å². The highest BCUT2D eigenvalue weighted by molar-refractivity contribution is 7.09. The van der Waals surface area contributed by atoms with Crippen LogP contribution in [0.3, 0.4) is 0 Å². The average molecular weight is 574 g/mol. The summed E-state index contributed by atoms with van der Waals surface area (Å²) in [5.74, 6) is -0.203. The number of H-pyrrole nitrogens is 2. The molecule has 41 heavy (non-hydrogen) atoms. The maximum absolute atomic E-state index is 13.3. The summed E-state index contributed by atoms with van der Waals surface area (Å²) in [4.78, 5) is 34.6. The number of carbonyl (C=O) groups is 2. The zero-order chi connectivity index (χ0) is 28.8. The molecule has 11 heteroatoms. The van der Waals surface area contributed by atoms with Gasteiger partial charge in [0.2, 0.25) is 0 Å². The molecule has 1 aliphatic heterocycles. The molecule has 0 radical (unpaired) electrons. The van der Waals surface area contributed by atoms with Gasteiger partial charge in [0, 0.05) is 60.1 Å². The first-order valence-electron chi connectivity index (χ1n) is 13.9. The Labute approximate surface area is 242 Å². The average Bonchev–Trinajstić information content (AvgIpc) is 3.76. The maximum Gasteiger partial charge on any atom is 0.290 e. The largest absolute Gasteiger partial charge is 0.483 e. The Morgan fingerprint density at radius 3 is 2.66 bits per heavy atom. The summed E-state index contributed by atoms with van der Waals surface area (Å²) in [5, 5.41) is 22.1. The Bertz CT molecular complexity index is 1610. The molecular weight excluding hydrogens is 538 g/mol. The molecular formula is C30H35N7O3S. The van der Waals surface area contributed by atoms with E-state index in [9.17, 15) is 4.79 Å². The van der Waals surface area contributed by atoms with E-state index in [1.54, 1.807) is 17.5 Å². The number of nitrogens with zero attached hydrogens (tertiary/aromatic N) is 4. The lowest BCUT2D eigenvalue weighted by molar-refractivity contribution is -0.122. The first kappa shape index (κ1) is 28.5. The molecule has 1 amide bonds. The Kier molecular flexibility index (Phi) is 9.07. The molecule has 5 aromatic rings.